The Balaban J connectivity index is 1.15. The molecule has 61 heavy (non-hydrogen) atoms. The van der Waals surface area contributed by atoms with Crippen molar-refractivity contribution >= 4 is 54.3 Å². The molecule has 10 aromatic carbocycles. The Kier molecular flexibility index (Phi) is 8.13. The molecule has 0 atom stereocenters. The molecule has 0 N–H and O–H groups in total. The lowest BCUT2D eigenvalue weighted by atomic mass is 9.85. The standard InChI is InChI=1S/C57H35N3O/c1-4-18-36(19-5-1)39-24-16-25-40(34-39)56-58-55(38-22-8-3-9-23-38)59-57(60-56)53-45-29-13-11-27-43(45)51(44-28-12-14-30-46(44)53)48-35-49-52-41(37-20-6-2-7-21-37)32-17-33-50(52)61-54(49)47-31-15-10-26-42(47)48/h1-35H. The first kappa shape index (κ1) is 34.8. The first-order valence-electron chi connectivity index (χ1n) is 20.6. The average molecular weight is 778 g/mol. The topological polar surface area (TPSA) is 51.8 Å². The zero-order chi connectivity index (χ0) is 40.3. The van der Waals surface area contributed by atoms with Crippen LogP contribution in [-0.4, -0.2) is 15.0 Å². The third-order valence-electron chi connectivity index (χ3n) is 11.9. The van der Waals surface area contributed by atoms with Crippen molar-refractivity contribution in [3.63, 3.8) is 0 Å². The van der Waals surface area contributed by atoms with E-state index in [0.717, 1.165) is 104 Å². The van der Waals surface area contributed by atoms with Crippen molar-refractivity contribution < 1.29 is 4.42 Å². The van der Waals surface area contributed by atoms with Gasteiger partial charge in [0.2, 0.25) is 0 Å². The van der Waals surface area contributed by atoms with Crippen molar-refractivity contribution in [3.8, 4) is 67.5 Å². The predicted molar refractivity (Wildman–Crippen MR) is 252 cm³/mol. The Bertz CT molecular complexity index is 3580. The zero-order valence-electron chi connectivity index (χ0n) is 33.0. The van der Waals surface area contributed by atoms with Crippen molar-refractivity contribution in [1.29, 1.82) is 0 Å². The van der Waals surface area contributed by atoms with Crippen molar-refractivity contribution in [3.05, 3.63) is 212 Å². The molecule has 0 radical (unpaired) electrons. The molecule has 12 aromatic rings. The summed E-state index contributed by atoms with van der Waals surface area (Å²) < 4.78 is 6.78. The number of hydrogen-bond donors (Lipinski definition) is 0. The van der Waals surface area contributed by atoms with Gasteiger partial charge in [0, 0.05) is 32.8 Å². The molecule has 0 unspecified atom stereocenters. The first-order chi connectivity index (χ1) is 30.3. The summed E-state index contributed by atoms with van der Waals surface area (Å²) in [7, 11) is 0. The third-order valence-corrected chi connectivity index (χ3v) is 11.9. The van der Waals surface area contributed by atoms with Crippen LogP contribution in [0.15, 0.2) is 217 Å². The Morgan fingerprint density at radius 2 is 0.754 bits per heavy atom. The van der Waals surface area contributed by atoms with Crippen LogP contribution < -0.4 is 0 Å². The van der Waals surface area contributed by atoms with E-state index in [1.54, 1.807) is 0 Å². The molecule has 0 fully saturated rings. The van der Waals surface area contributed by atoms with E-state index in [4.69, 9.17) is 19.4 Å². The van der Waals surface area contributed by atoms with Crippen molar-refractivity contribution in [2.45, 2.75) is 0 Å². The predicted octanol–water partition coefficient (Wildman–Crippen LogP) is 15.2. The van der Waals surface area contributed by atoms with Crippen LogP contribution >= 0.6 is 0 Å². The summed E-state index contributed by atoms with van der Waals surface area (Å²) in [5, 5.41) is 8.78. The summed E-state index contributed by atoms with van der Waals surface area (Å²) in [4.78, 5) is 15.8. The second-order valence-electron chi connectivity index (χ2n) is 15.5. The van der Waals surface area contributed by atoms with Crippen molar-refractivity contribution in [2.24, 2.45) is 0 Å². The summed E-state index contributed by atoms with van der Waals surface area (Å²) in [6.07, 6.45) is 0. The fourth-order valence-electron chi connectivity index (χ4n) is 9.17. The molecular formula is C57H35N3O. The summed E-state index contributed by atoms with van der Waals surface area (Å²) in [5.74, 6) is 1.87. The third kappa shape index (κ3) is 5.80. The minimum atomic E-state index is 0.622. The van der Waals surface area contributed by atoms with Crippen LogP contribution in [0.25, 0.3) is 122 Å². The van der Waals surface area contributed by atoms with Crippen LogP contribution in [0.5, 0.6) is 0 Å². The van der Waals surface area contributed by atoms with Crippen LogP contribution in [0, 0.1) is 0 Å². The highest BCUT2D eigenvalue weighted by molar-refractivity contribution is 6.27. The van der Waals surface area contributed by atoms with Gasteiger partial charge in [-0.15, -0.1) is 0 Å². The molecule has 0 spiro atoms. The van der Waals surface area contributed by atoms with Crippen LogP contribution in [0.3, 0.4) is 0 Å². The SMILES string of the molecule is c1ccc(-c2cccc(-c3nc(-c4ccccc4)nc(-c4c5ccccc5c(-c5cc6c(oc7cccc(-c8ccccc8)c76)c6ccccc56)c5ccccc45)n3)c2)cc1. The maximum absolute atomic E-state index is 6.78. The highest BCUT2D eigenvalue weighted by Crippen LogP contribution is 2.48. The molecule has 0 aliphatic heterocycles. The van der Waals surface area contributed by atoms with E-state index in [9.17, 15) is 0 Å². The maximum Gasteiger partial charge on any atom is 0.165 e. The van der Waals surface area contributed by atoms with Crippen LogP contribution in [0.4, 0.5) is 0 Å². The second kappa shape index (κ2) is 14.3. The van der Waals surface area contributed by atoms with Gasteiger partial charge in [0.05, 0.1) is 0 Å². The van der Waals surface area contributed by atoms with Gasteiger partial charge in [-0.3, -0.25) is 0 Å². The van der Waals surface area contributed by atoms with E-state index in [-0.39, 0.29) is 0 Å². The van der Waals surface area contributed by atoms with Gasteiger partial charge in [0.1, 0.15) is 11.2 Å². The molecule has 2 aromatic heterocycles. The molecule has 12 rings (SSSR count). The number of nitrogens with zero attached hydrogens (tertiary/aromatic N) is 3. The number of furan rings is 1. The monoisotopic (exact) mass is 777 g/mol. The van der Waals surface area contributed by atoms with E-state index >= 15 is 0 Å². The van der Waals surface area contributed by atoms with E-state index in [0.29, 0.717) is 17.5 Å². The lowest BCUT2D eigenvalue weighted by Gasteiger charge is -2.19. The van der Waals surface area contributed by atoms with Gasteiger partial charge >= 0.3 is 0 Å². The molecule has 0 saturated carbocycles. The summed E-state index contributed by atoms with van der Waals surface area (Å²) in [6, 6.07) is 74.5. The molecule has 2 heterocycles. The molecular weight excluding hydrogens is 743 g/mol. The van der Waals surface area contributed by atoms with Gasteiger partial charge in [-0.1, -0.05) is 194 Å². The lowest BCUT2D eigenvalue weighted by molar-refractivity contribution is 0.673. The van der Waals surface area contributed by atoms with Gasteiger partial charge in [-0.25, -0.2) is 15.0 Å². The zero-order valence-corrected chi connectivity index (χ0v) is 33.0. The van der Waals surface area contributed by atoms with Crippen LogP contribution in [0.1, 0.15) is 0 Å². The summed E-state index contributed by atoms with van der Waals surface area (Å²) in [5.41, 5.74) is 11.4. The smallest absolute Gasteiger partial charge is 0.165 e. The minimum absolute atomic E-state index is 0.622. The van der Waals surface area contributed by atoms with E-state index in [1.165, 1.54) is 0 Å². The Labute approximate surface area is 352 Å². The van der Waals surface area contributed by atoms with Crippen molar-refractivity contribution in [1.82, 2.24) is 15.0 Å². The quantitative estimate of drug-likeness (QED) is 0.158. The van der Waals surface area contributed by atoms with Crippen molar-refractivity contribution in [2.75, 3.05) is 0 Å². The molecule has 0 saturated heterocycles. The fourth-order valence-corrected chi connectivity index (χ4v) is 9.17. The second-order valence-corrected chi connectivity index (χ2v) is 15.5. The molecule has 0 bridgehead atoms. The van der Waals surface area contributed by atoms with Gasteiger partial charge in [0.25, 0.3) is 0 Å². The first-order valence-corrected chi connectivity index (χ1v) is 20.6. The maximum atomic E-state index is 6.78. The van der Waals surface area contributed by atoms with Gasteiger partial charge in [0.15, 0.2) is 17.5 Å². The number of hydrogen-bond acceptors (Lipinski definition) is 4. The lowest BCUT2D eigenvalue weighted by Crippen LogP contribution is -2.02. The number of fused-ring (bicyclic) bond motifs is 7. The summed E-state index contributed by atoms with van der Waals surface area (Å²) >= 11 is 0. The fraction of sp³-hybridized carbons (Fsp3) is 0. The molecule has 4 nitrogen and oxygen atoms in total. The van der Waals surface area contributed by atoms with E-state index in [1.807, 2.05) is 24.3 Å². The highest BCUT2D eigenvalue weighted by atomic mass is 16.3. The molecule has 0 amide bonds. The average Bonchev–Trinajstić information content (AvgIpc) is 3.73. The number of benzene rings is 10. The number of rotatable bonds is 6. The van der Waals surface area contributed by atoms with Gasteiger partial charge in [-0.2, -0.15) is 0 Å². The van der Waals surface area contributed by atoms with E-state index in [2.05, 4.69) is 188 Å². The van der Waals surface area contributed by atoms with Crippen LogP contribution in [0.2, 0.25) is 0 Å². The number of aromatic nitrogens is 3. The van der Waals surface area contributed by atoms with Gasteiger partial charge in [-0.05, 0) is 78.5 Å². The van der Waals surface area contributed by atoms with Gasteiger partial charge < -0.3 is 4.42 Å². The molecule has 0 aliphatic rings. The Morgan fingerprint density at radius 1 is 0.279 bits per heavy atom. The van der Waals surface area contributed by atoms with E-state index < -0.39 is 0 Å². The molecule has 4 heteroatoms. The normalized spacial score (nSPS) is 11.6. The molecule has 0 aliphatic carbocycles. The summed E-state index contributed by atoms with van der Waals surface area (Å²) in [6.45, 7) is 0. The Hall–Kier alpha value is -8.21. The Morgan fingerprint density at radius 3 is 1.41 bits per heavy atom. The van der Waals surface area contributed by atoms with Crippen LogP contribution in [-0.2, 0) is 0 Å². The highest BCUT2D eigenvalue weighted by Gasteiger charge is 2.24. The minimum Gasteiger partial charge on any atom is -0.455 e. The largest absolute Gasteiger partial charge is 0.455 e. The molecule has 284 valence electrons.